The zero-order valence-corrected chi connectivity index (χ0v) is 15.2. The Labute approximate surface area is 153 Å². The van der Waals surface area contributed by atoms with E-state index in [9.17, 15) is 14.7 Å². The zero-order valence-electron chi connectivity index (χ0n) is 14.4. The summed E-state index contributed by atoms with van der Waals surface area (Å²) in [5, 5.41) is 23.1. The van der Waals surface area contributed by atoms with Crippen LogP contribution in [-0.4, -0.2) is 36.8 Å². The lowest BCUT2D eigenvalue weighted by Crippen LogP contribution is -2.17. The van der Waals surface area contributed by atoms with Crippen LogP contribution < -0.4 is 5.32 Å². The van der Waals surface area contributed by atoms with Gasteiger partial charge >= 0.3 is 5.97 Å². The summed E-state index contributed by atoms with van der Waals surface area (Å²) in [6.07, 6.45) is 0. The molecule has 0 aliphatic heterocycles. The molecule has 0 radical (unpaired) electrons. The number of carbonyl (C=O) groups is 2. The normalized spacial score (nSPS) is 11.5. The van der Waals surface area contributed by atoms with Gasteiger partial charge in [0.05, 0.1) is 0 Å². The number of amides is 1. The van der Waals surface area contributed by atoms with E-state index in [-0.39, 0.29) is 22.4 Å². The summed E-state index contributed by atoms with van der Waals surface area (Å²) in [6.45, 7) is 5.79. The summed E-state index contributed by atoms with van der Waals surface area (Å²) in [4.78, 5) is 24.1. The Kier molecular flexibility index (Phi) is 4.33. The second kappa shape index (κ2) is 6.34. The molecular formula is C17H17N5O3S. The standard InChI is InChI=1S/C17H17N5O3S/c1-17(2,3)11-15(26)22-13(20-19-11)10(16(24)25)12(21-22)18-14(23)9-7-5-4-6-8-9/h4-8,21H,1-3H3,(H,18,23)(H,24,25). The first kappa shape index (κ1) is 17.7. The number of fused-ring (bicyclic) bond motifs is 1. The summed E-state index contributed by atoms with van der Waals surface area (Å²) in [6, 6.07) is 8.47. The lowest BCUT2D eigenvalue weighted by atomic mass is 9.93. The molecule has 9 heteroatoms. The van der Waals surface area contributed by atoms with E-state index in [4.69, 9.17) is 12.2 Å². The van der Waals surface area contributed by atoms with Crippen molar-refractivity contribution in [3.8, 4) is 0 Å². The number of nitrogens with one attached hydrogen (secondary N) is 2. The van der Waals surface area contributed by atoms with Crippen LogP contribution in [0.3, 0.4) is 0 Å². The van der Waals surface area contributed by atoms with Crippen LogP contribution in [0.5, 0.6) is 0 Å². The minimum absolute atomic E-state index is 0.00203. The molecule has 0 fully saturated rings. The van der Waals surface area contributed by atoms with Crippen molar-refractivity contribution >= 4 is 35.6 Å². The third-order valence-electron chi connectivity index (χ3n) is 3.76. The monoisotopic (exact) mass is 371 g/mol. The largest absolute Gasteiger partial charge is 0.477 e. The molecule has 0 spiro atoms. The van der Waals surface area contributed by atoms with Crippen LogP contribution in [0.4, 0.5) is 5.82 Å². The van der Waals surface area contributed by atoms with Gasteiger partial charge in [0, 0.05) is 11.0 Å². The van der Waals surface area contributed by atoms with Crippen molar-refractivity contribution in [1.82, 2.24) is 19.8 Å². The van der Waals surface area contributed by atoms with Gasteiger partial charge < -0.3 is 10.4 Å². The van der Waals surface area contributed by atoms with Crippen molar-refractivity contribution in [1.29, 1.82) is 0 Å². The topological polar surface area (TPSA) is 112 Å². The lowest BCUT2D eigenvalue weighted by molar-refractivity contribution is 0.0700. The first-order valence-corrected chi connectivity index (χ1v) is 8.22. The van der Waals surface area contributed by atoms with E-state index in [1.165, 1.54) is 4.52 Å². The van der Waals surface area contributed by atoms with E-state index in [1.807, 2.05) is 20.8 Å². The molecule has 1 amide bonds. The molecule has 2 heterocycles. The molecule has 8 nitrogen and oxygen atoms in total. The quantitative estimate of drug-likeness (QED) is 0.610. The van der Waals surface area contributed by atoms with Crippen molar-refractivity contribution in [2.24, 2.45) is 0 Å². The molecule has 134 valence electrons. The summed E-state index contributed by atoms with van der Waals surface area (Å²) in [5.74, 6) is -1.70. The number of anilines is 1. The molecule has 0 bridgehead atoms. The molecule has 0 saturated heterocycles. The highest BCUT2D eigenvalue weighted by Gasteiger charge is 2.26. The fraction of sp³-hybridized carbons (Fsp3) is 0.235. The second-order valence-corrected chi connectivity index (χ2v) is 7.14. The molecule has 1 aromatic carbocycles. The molecule has 0 unspecified atom stereocenters. The van der Waals surface area contributed by atoms with Gasteiger partial charge in [0.25, 0.3) is 5.91 Å². The minimum Gasteiger partial charge on any atom is -0.477 e. The van der Waals surface area contributed by atoms with Gasteiger partial charge in [-0.1, -0.05) is 51.2 Å². The molecule has 3 aromatic rings. The van der Waals surface area contributed by atoms with Crippen molar-refractivity contribution in [3.63, 3.8) is 0 Å². The van der Waals surface area contributed by atoms with Gasteiger partial charge in [0.1, 0.15) is 17.1 Å². The molecule has 3 N–H and O–H groups in total. The maximum absolute atomic E-state index is 12.4. The predicted octanol–water partition coefficient (Wildman–Crippen LogP) is 3.03. The summed E-state index contributed by atoms with van der Waals surface area (Å²) in [7, 11) is 0. The van der Waals surface area contributed by atoms with Crippen LogP contribution in [0, 0.1) is 4.64 Å². The van der Waals surface area contributed by atoms with Crippen molar-refractivity contribution in [2.75, 3.05) is 5.32 Å². The molecule has 0 atom stereocenters. The Balaban J connectivity index is 2.15. The van der Waals surface area contributed by atoms with Gasteiger partial charge in [-0.2, -0.15) is 0 Å². The van der Waals surface area contributed by atoms with Crippen LogP contribution in [-0.2, 0) is 5.41 Å². The van der Waals surface area contributed by atoms with Gasteiger partial charge in [-0.25, -0.2) is 9.31 Å². The number of benzene rings is 1. The SMILES string of the molecule is CC(C)(C)c1nnc2c(C(=O)O)c(NC(=O)c3ccccc3)[nH]n2c1=S. The third-order valence-corrected chi connectivity index (χ3v) is 4.13. The van der Waals surface area contributed by atoms with Gasteiger partial charge in [-0.05, 0) is 12.1 Å². The summed E-state index contributed by atoms with van der Waals surface area (Å²) in [5.41, 5.74) is 0.414. The summed E-state index contributed by atoms with van der Waals surface area (Å²) >= 11 is 5.43. The summed E-state index contributed by atoms with van der Waals surface area (Å²) < 4.78 is 1.66. The number of aromatic nitrogens is 4. The highest BCUT2D eigenvalue weighted by molar-refractivity contribution is 7.71. The molecule has 0 aliphatic carbocycles. The van der Waals surface area contributed by atoms with Crippen molar-refractivity contribution in [3.05, 3.63) is 51.8 Å². The number of hydrogen-bond acceptors (Lipinski definition) is 5. The number of rotatable bonds is 3. The van der Waals surface area contributed by atoms with E-state index < -0.39 is 11.9 Å². The number of nitrogens with zero attached hydrogens (tertiary/aromatic N) is 3. The van der Waals surface area contributed by atoms with Crippen LogP contribution in [0.1, 0.15) is 47.2 Å². The van der Waals surface area contributed by atoms with Crippen molar-refractivity contribution in [2.45, 2.75) is 26.2 Å². The average Bonchev–Trinajstić information content (AvgIpc) is 2.94. The average molecular weight is 371 g/mol. The molecule has 2 aromatic heterocycles. The van der Waals surface area contributed by atoms with E-state index in [0.717, 1.165) is 0 Å². The van der Waals surface area contributed by atoms with Crippen LogP contribution in [0.15, 0.2) is 30.3 Å². The Bertz CT molecular complexity index is 1060. The second-order valence-electron chi connectivity index (χ2n) is 6.75. The van der Waals surface area contributed by atoms with E-state index in [2.05, 4.69) is 20.6 Å². The molecule has 26 heavy (non-hydrogen) atoms. The van der Waals surface area contributed by atoms with Gasteiger partial charge in [0.15, 0.2) is 10.3 Å². The number of aromatic carboxylic acids is 1. The van der Waals surface area contributed by atoms with Crippen LogP contribution in [0.2, 0.25) is 0 Å². The first-order valence-electron chi connectivity index (χ1n) is 7.81. The Hall–Kier alpha value is -3.07. The zero-order chi connectivity index (χ0) is 19.1. The fourth-order valence-electron chi connectivity index (χ4n) is 2.47. The smallest absolute Gasteiger partial charge is 0.343 e. The van der Waals surface area contributed by atoms with Gasteiger partial charge in [-0.15, -0.1) is 10.2 Å². The molecule has 3 rings (SSSR count). The maximum atomic E-state index is 12.4. The van der Waals surface area contributed by atoms with Crippen LogP contribution in [0.25, 0.3) is 5.65 Å². The number of carbonyl (C=O) groups excluding carboxylic acids is 1. The van der Waals surface area contributed by atoms with Crippen molar-refractivity contribution < 1.29 is 14.7 Å². The Morgan fingerprint density at radius 2 is 1.85 bits per heavy atom. The van der Waals surface area contributed by atoms with E-state index in [0.29, 0.717) is 15.9 Å². The number of H-pyrrole nitrogens is 1. The minimum atomic E-state index is -1.25. The predicted molar refractivity (Wildman–Crippen MR) is 98.2 cm³/mol. The van der Waals surface area contributed by atoms with Gasteiger partial charge in [-0.3, -0.25) is 9.89 Å². The highest BCUT2D eigenvalue weighted by atomic mass is 32.1. The number of carboxylic acid groups (broad SMARTS) is 1. The number of aromatic amines is 1. The van der Waals surface area contributed by atoms with E-state index >= 15 is 0 Å². The number of hydrogen-bond donors (Lipinski definition) is 3. The molecular weight excluding hydrogens is 354 g/mol. The van der Waals surface area contributed by atoms with Crippen LogP contribution >= 0.6 is 12.2 Å². The van der Waals surface area contributed by atoms with Gasteiger partial charge in [0.2, 0.25) is 0 Å². The number of carboxylic acids is 1. The first-order chi connectivity index (χ1) is 12.2. The molecule has 0 aliphatic rings. The third kappa shape index (κ3) is 3.08. The van der Waals surface area contributed by atoms with E-state index in [1.54, 1.807) is 30.3 Å². The Morgan fingerprint density at radius 1 is 1.19 bits per heavy atom. The Morgan fingerprint density at radius 3 is 2.42 bits per heavy atom. The maximum Gasteiger partial charge on any atom is 0.343 e. The highest BCUT2D eigenvalue weighted by Crippen LogP contribution is 2.24. The fourth-order valence-corrected chi connectivity index (χ4v) is 2.95. The molecule has 0 saturated carbocycles. The lowest BCUT2D eigenvalue weighted by Gasteiger charge is -2.16.